The molecule has 0 unspecified atom stereocenters. The fourth-order valence-corrected chi connectivity index (χ4v) is 1.71. The number of allylic oxidation sites excluding steroid dienone is 2. The summed E-state index contributed by atoms with van der Waals surface area (Å²) in [6.07, 6.45) is 6.12. The fourth-order valence-electron chi connectivity index (χ4n) is 1.03. The molecule has 1 aromatic carbocycles. The van der Waals surface area contributed by atoms with Gasteiger partial charge in [0.2, 0.25) is 0 Å². The average molecular weight is 175 g/mol. The third-order valence-corrected chi connectivity index (χ3v) is 2.43. The van der Waals surface area contributed by atoms with Gasteiger partial charge in [0.05, 0.1) is 5.69 Å². The van der Waals surface area contributed by atoms with Gasteiger partial charge in [-0.15, -0.1) is 0 Å². The van der Waals surface area contributed by atoms with Crippen molar-refractivity contribution in [2.24, 2.45) is 0 Å². The van der Waals surface area contributed by atoms with Crippen LogP contribution in [0.15, 0.2) is 54.1 Å². The molecule has 0 amide bonds. The van der Waals surface area contributed by atoms with Crippen LogP contribution >= 0.6 is 11.9 Å². The molecule has 0 saturated heterocycles. The molecule has 0 saturated carbocycles. The maximum absolute atomic E-state index is 2.12. The maximum Gasteiger partial charge on any atom is 0.0521 e. The number of hydrogen-bond donors (Lipinski definition) is 0. The van der Waals surface area contributed by atoms with Crippen LogP contribution in [-0.4, -0.2) is 0 Å². The molecular formula is C10H9NS. The van der Waals surface area contributed by atoms with E-state index < -0.39 is 0 Å². The normalized spacial score (nSPS) is 15.2. The average Bonchev–Trinajstić information content (AvgIpc) is 2.21. The molecule has 1 nitrogen and oxygen atoms in total. The predicted octanol–water partition coefficient (Wildman–Crippen LogP) is 3.18. The number of rotatable bonds is 1. The third-order valence-electron chi connectivity index (χ3n) is 1.60. The van der Waals surface area contributed by atoms with E-state index in [4.69, 9.17) is 0 Å². The number of benzene rings is 1. The Labute approximate surface area is 76.5 Å². The first-order valence-electron chi connectivity index (χ1n) is 3.81. The molecule has 2 rings (SSSR count). The lowest BCUT2D eigenvalue weighted by Crippen LogP contribution is -2.04. The Balaban J connectivity index is 2.21. The van der Waals surface area contributed by atoms with Crippen LogP contribution in [0.4, 0.5) is 5.69 Å². The number of para-hydroxylation sites is 1. The van der Waals surface area contributed by atoms with Gasteiger partial charge in [0, 0.05) is 6.20 Å². The summed E-state index contributed by atoms with van der Waals surface area (Å²) in [5.74, 6) is 0. The first-order chi connectivity index (χ1) is 5.97. The summed E-state index contributed by atoms with van der Waals surface area (Å²) in [5.41, 5.74) is 1.21. The van der Waals surface area contributed by atoms with E-state index in [-0.39, 0.29) is 0 Å². The van der Waals surface area contributed by atoms with E-state index in [0.29, 0.717) is 0 Å². The number of nitrogens with zero attached hydrogens (tertiary/aromatic N) is 1. The Morgan fingerprint density at radius 2 is 1.83 bits per heavy atom. The molecule has 0 aromatic heterocycles. The lowest BCUT2D eigenvalue weighted by atomic mass is 10.3. The zero-order valence-electron chi connectivity index (χ0n) is 6.55. The minimum absolute atomic E-state index is 1.21. The van der Waals surface area contributed by atoms with E-state index in [0.717, 1.165) is 0 Å². The smallest absolute Gasteiger partial charge is 0.0521 e. The van der Waals surface area contributed by atoms with Crippen LogP contribution < -0.4 is 4.31 Å². The lowest BCUT2D eigenvalue weighted by Gasteiger charge is -2.18. The molecular weight excluding hydrogens is 166 g/mol. The second kappa shape index (κ2) is 3.50. The predicted molar refractivity (Wildman–Crippen MR) is 54.8 cm³/mol. The Kier molecular flexibility index (Phi) is 2.19. The van der Waals surface area contributed by atoms with Gasteiger partial charge in [0.25, 0.3) is 0 Å². The van der Waals surface area contributed by atoms with Crippen molar-refractivity contribution >= 4 is 17.6 Å². The van der Waals surface area contributed by atoms with Gasteiger partial charge in [0.15, 0.2) is 0 Å². The van der Waals surface area contributed by atoms with Gasteiger partial charge >= 0.3 is 0 Å². The summed E-state index contributed by atoms with van der Waals surface area (Å²) in [5, 5.41) is 2.06. The monoisotopic (exact) mass is 175 g/mol. The van der Waals surface area contributed by atoms with Crippen molar-refractivity contribution in [1.29, 1.82) is 0 Å². The van der Waals surface area contributed by atoms with Crippen molar-refractivity contribution < 1.29 is 0 Å². The molecule has 1 heterocycles. The first-order valence-corrected chi connectivity index (χ1v) is 4.65. The van der Waals surface area contributed by atoms with Gasteiger partial charge in [-0.25, -0.2) is 0 Å². The van der Waals surface area contributed by atoms with Crippen LogP contribution in [0.2, 0.25) is 0 Å². The molecule has 2 heteroatoms. The van der Waals surface area contributed by atoms with Crippen LogP contribution in [0.25, 0.3) is 0 Å². The molecule has 0 bridgehead atoms. The quantitative estimate of drug-likeness (QED) is 0.603. The van der Waals surface area contributed by atoms with E-state index in [1.54, 1.807) is 11.9 Å². The summed E-state index contributed by atoms with van der Waals surface area (Å²) in [6.45, 7) is 0. The minimum Gasteiger partial charge on any atom is -0.288 e. The van der Waals surface area contributed by atoms with E-state index in [1.807, 2.05) is 30.4 Å². The second-order valence-electron chi connectivity index (χ2n) is 2.44. The molecule has 60 valence electrons. The highest BCUT2D eigenvalue weighted by Crippen LogP contribution is 2.25. The third kappa shape index (κ3) is 1.53. The zero-order valence-corrected chi connectivity index (χ0v) is 7.37. The summed E-state index contributed by atoms with van der Waals surface area (Å²) in [4.78, 5) is 0. The highest BCUT2D eigenvalue weighted by molar-refractivity contribution is 8.03. The molecule has 0 aliphatic carbocycles. The molecule has 12 heavy (non-hydrogen) atoms. The van der Waals surface area contributed by atoms with Gasteiger partial charge in [-0.3, -0.25) is 4.31 Å². The topological polar surface area (TPSA) is 3.24 Å². The van der Waals surface area contributed by atoms with Crippen LogP contribution in [0.1, 0.15) is 0 Å². The minimum atomic E-state index is 1.21. The van der Waals surface area contributed by atoms with Crippen LogP contribution in [-0.2, 0) is 0 Å². The van der Waals surface area contributed by atoms with Crippen molar-refractivity contribution in [3.8, 4) is 0 Å². The van der Waals surface area contributed by atoms with Crippen LogP contribution in [0.3, 0.4) is 0 Å². The largest absolute Gasteiger partial charge is 0.288 e. The van der Waals surface area contributed by atoms with Gasteiger partial charge in [-0.05, 0) is 35.6 Å². The van der Waals surface area contributed by atoms with E-state index in [9.17, 15) is 0 Å². The second-order valence-corrected chi connectivity index (χ2v) is 3.31. The molecule has 1 aliphatic rings. The van der Waals surface area contributed by atoms with Gasteiger partial charge in [-0.1, -0.05) is 24.3 Å². The Hall–Kier alpha value is -1.15. The summed E-state index contributed by atoms with van der Waals surface area (Å²) >= 11 is 1.68. The van der Waals surface area contributed by atoms with Crippen molar-refractivity contribution in [2.75, 3.05) is 4.31 Å². The van der Waals surface area contributed by atoms with Crippen molar-refractivity contribution in [2.45, 2.75) is 0 Å². The SMILES string of the molecule is C1=CSN(c2ccccc2)C=C1. The zero-order chi connectivity index (χ0) is 8.23. The summed E-state index contributed by atoms with van der Waals surface area (Å²) < 4.78 is 2.12. The maximum atomic E-state index is 2.12. The van der Waals surface area contributed by atoms with E-state index in [2.05, 4.69) is 28.0 Å². The molecule has 1 aliphatic heterocycles. The van der Waals surface area contributed by atoms with Crippen molar-refractivity contribution in [3.05, 3.63) is 54.1 Å². The molecule has 1 aromatic rings. The number of hydrogen-bond acceptors (Lipinski definition) is 2. The van der Waals surface area contributed by atoms with Gasteiger partial charge in [-0.2, -0.15) is 0 Å². The summed E-state index contributed by atoms with van der Waals surface area (Å²) in [7, 11) is 0. The van der Waals surface area contributed by atoms with Crippen molar-refractivity contribution in [1.82, 2.24) is 0 Å². The fraction of sp³-hybridized carbons (Fsp3) is 0. The highest BCUT2D eigenvalue weighted by atomic mass is 32.2. The first kappa shape index (κ1) is 7.50. The number of anilines is 1. The Bertz CT molecular complexity index is 303. The van der Waals surface area contributed by atoms with Crippen molar-refractivity contribution in [3.63, 3.8) is 0 Å². The Morgan fingerprint density at radius 3 is 2.50 bits per heavy atom. The molecule has 0 fully saturated rings. The lowest BCUT2D eigenvalue weighted by molar-refractivity contribution is 1.44. The van der Waals surface area contributed by atoms with Gasteiger partial charge < -0.3 is 0 Å². The molecule has 0 spiro atoms. The van der Waals surface area contributed by atoms with E-state index in [1.165, 1.54) is 5.69 Å². The molecule has 0 atom stereocenters. The molecule has 0 radical (unpaired) electrons. The van der Waals surface area contributed by atoms with Crippen LogP contribution in [0, 0.1) is 0 Å². The van der Waals surface area contributed by atoms with Crippen LogP contribution in [0.5, 0.6) is 0 Å². The van der Waals surface area contributed by atoms with E-state index >= 15 is 0 Å². The standard InChI is InChI=1S/C10H9NS/c1-2-6-10(7-3-1)11-8-4-5-9-12-11/h1-9H. The molecule has 0 N–H and O–H groups in total. The summed E-state index contributed by atoms with van der Waals surface area (Å²) in [6, 6.07) is 10.3. The van der Waals surface area contributed by atoms with Gasteiger partial charge in [0.1, 0.15) is 0 Å². The Morgan fingerprint density at radius 1 is 1.00 bits per heavy atom. The highest BCUT2D eigenvalue weighted by Gasteiger charge is 2.01.